The zero-order valence-corrected chi connectivity index (χ0v) is 12.8. The van der Waals surface area contributed by atoms with Crippen molar-refractivity contribution in [2.75, 3.05) is 6.54 Å². The molecular weight excluding hydrogens is 288 g/mol. The molecule has 0 unspecified atom stereocenters. The molecule has 2 aliphatic rings. The van der Waals surface area contributed by atoms with Crippen LogP contribution < -0.4 is 5.73 Å². The highest BCUT2D eigenvalue weighted by Gasteiger charge is 2.33. The summed E-state index contributed by atoms with van der Waals surface area (Å²) in [4.78, 5) is 25.9. The SMILES string of the molecule is NC(=O)[C@@H]1CCCN1C(=O)c1ccc2c(c1)Cc1ccccc1-2. The lowest BCUT2D eigenvalue weighted by Crippen LogP contribution is -2.43. The maximum absolute atomic E-state index is 12.8. The molecule has 1 aliphatic heterocycles. The van der Waals surface area contributed by atoms with Crippen LogP contribution >= 0.6 is 0 Å². The molecule has 2 amide bonds. The topological polar surface area (TPSA) is 63.4 Å². The fraction of sp³-hybridized carbons (Fsp3) is 0.263. The number of likely N-dealkylation sites (tertiary alicyclic amines) is 1. The van der Waals surface area contributed by atoms with Gasteiger partial charge in [-0.1, -0.05) is 30.3 Å². The number of benzene rings is 2. The average Bonchev–Trinajstić information content (AvgIpc) is 3.18. The number of carbonyl (C=O) groups excluding carboxylic acids is 2. The van der Waals surface area contributed by atoms with Crippen LogP contribution in [0.15, 0.2) is 42.5 Å². The van der Waals surface area contributed by atoms with Gasteiger partial charge in [-0.2, -0.15) is 0 Å². The van der Waals surface area contributed by atoms with Gasteiger partial charge >= 0.3 is 0 Å². The van der Waals surface area contributed by atoms with Gasteiger partial charge in [-0.3, -0.25) is 9.59 Å². The number of amides is 2. The first-order valence-electron chi connectivity index (χ1n) is 7.96. The molecule has 4 nitrogen and oxygen atoms in total. The Morgan fingerprint density at radius 2 is 1.83 bits per heavy atom. The number of nitrogens with two attached hydrogens (primary N) is 1. The highest BCUT2D eigenvalue weighted by molar-refractivity contribution is 5.98. The van der Waals surface area contributed by atoms with Crippen molar-refractivity contribution in [2.24, 2.45) is 5.73 Å². The molecule has 2 N–H and O–H groups in total. The molecule has 2 aromatic carbocycles. The summed E-state index contributed by atoms with van der Waals surface area (Å²) in [5.74, 6) is -0.505. The molecule has 4 heteroatoms. The zero-order valence-electron chi connectivity index (χ0n) is 12.8. The second kappa shape index (κ2) is 5.23. The molecule has 0 radical (unpaired) electrons. The number of hydrogen-bond acceptors (Lipinski definition) is 2. The minimum Gasteiger partial charge on any atom is -0.368 e. The van der Waals surface area contributed by atoms with Crippen molar-refractivity contribution in [3.63, 3.8) is 0 Å². The summed E-state index contributed by atoms with van der Waals surface area (Å²) >= 11 is 0. The van der Waals surface area contributed by atoms with Crippen molar-refractivity contribution in [3.05, 3.63) is 59.2 Å². The van der Waals surface area contributed by atoms with Crippen LogP contribution in [0.2, 0.25) is 0 Å². The van der Waals surface area contributed by atoms with Crippen molar-refractivity contribution in [2.45, 2.75) is 25.3 Å². The minimum atomic E-state index is -0.465. The third-order valence-electron chi connectivity index (χ3n) is 4.88. The van der Waals surface area contributed by atoms with E-state index in [1.165, 1.54) is 22.3 Å². The van der Waals surface area contributed by atoms with E-state index in [4.69, 9.17) is 5.73 Å². The fourth-order valence-electron chi connectivity index (χ4n) is 3.75. The van der Waals surface area contributed by atoms with Gasteiger partial charge in [0.05, 0.1) is 0 Å². The van der Waals surface area contributed by atoms with Crippen LogP contribution in [0.1, 0.15) is 34.3 Å². The van der Waals surface area contributed by atoms with E-state index in [1.807, 2.05) is 30.3 Å². The van der Waals surface area contributed by atoms with Gasteiger partial charge in [0.2, 0.25) is 5.91 Å². The first-order valence-corrected chi connectivity index (χ1v) is 7.96. The Morgan fingerprint density at radius 3 is 2.65 bits per heavy atom. The number of hydrogen-bond donors (Lipinski definition) is 1. The lowest BCUT2D eigenvalue weighted by molar-refractivity contribution is -0.121. The van der Waals surface area contributed by atoms with E-state index in [0.29, 0.717) is 18.5 Å². The molecular formula is C19H18N2O2. The van der Waals surface area contributed by atoms with Gasteiger partial charge < -0.3 is 10.6 Å². The Bertz CT molecular complexity index is 813. The maximum atomic E-state index is 12.8. The van der Waals surface area contributed by atoms with Crippen LogP contribution in [0.4, 0.5) is 0 Å². The zero-order chi connectivity index (χ0) is 16.0. The van der Waals surface area contributed by atoms with E-state index in [-0.39, 0.29) is 5.91 Å². The lowest BCUT2D eigenvalue weighted by Gasteiger charge is -2.22. The largest absolute Gasteiger partial charge is 0.368 e. The van der Waals surface area contributed by atoms with E-state index >= 15 is 0 Å². The normalized spacial score (nSPS) is 18.6. The molecule has 1 atom stereocenters. The summed E-state index contributed by atoms with van der Waals surface area (Å²) < 4.78 is 0. The summed E-state index contributed by atoms with van der Waals surface area (Å²) in [6, 6.07) is 13.7. The molecule has 116 valence electrons. The maximum Gasteiger partial charge on any atom is 0.254 e. The van der Waals surface area contributed by atoms with Crippen LogP contribution in [0.5, 0.6) is 0 Å². The lowest BCUT2D eigenvalue weighted by atomic mass is 10.0. The highest BCUT2D eigenvalue weighted by atomic mass is 16.2. The predicted octanol–water partition coefficient (Wildman–Crippen LogP) is 2.35. The average molecular weight is 306 g/mol. The van der Waals surface area contributed by atoms with Crippen LogP contribution in [0, 0.1) is 0 Å². The van der Waals surface area contributed by atoms with Crippen LogP contribution in [0.3, 0.4) is 0 Å². The van der Waals surface area contributed by atoms with Crippen LogP contribution in [0.25, 0.3) is 11.1 Å². The second-order valence-electron chi connectivity index (χ2n) is 6.26. The van der Waals surface area contributed by atoms with Gasteiger partial charge in [0.25, 0.3) is 5.91 Å². The fourth-order valence-corrected chi connectivity index (χ4v) is 3.75. The molecule has 1 heterocycles. The van der Waals surface area contributed by atoms with Gasteiger partial charge in [0.15, 0.2) is 0 Å². The van der Waals surface area contributed by atoms with Gasteiger partial charge in [0, 0.05) is 12.1 Å². The Kier molecular flexibility index (Phi) is 3.18. The smallest absolute Gasteiger partial charge is 0.254 e. The van der Waals surface area contributed by atoms with Gasteiger partial charge in [-0.15, -0.1) is 0 Å². The third-order valence-corrected chi connectivity index (χ3v) is 4.88. The van der Waals surface area contributed by atoms with Crippen molar-refractivity contribution in [1.29, 1.82) is 0 Å². The molecule has 0 spiro atoms. The molecule has 4 rings (SSSR count). The Morgan fingerprint density at radius 1 is 1.04 bits per heavy atom. The van der Waals surface area contributed by atoms with E-state index in [9.17, 15) is 9.59 Å². The number of fused-ring (bicyclic) bond motifs is 3. The molecule has 1 saturated heterocycles. The molecule has 0 bridgehead atoms. The highest BCUT2D eigenvalue weighted by Crippen LogP contribution is 2.37. The van der Waals surface area contributed by atoms with E-state index < -0.39 is 11.9 Å². The summed E-state index contributed by atoms with van der Waals surface area (Å²) in [5.41, 5.74) is 11.0. The quantitative estimate of drug-likeness (QED) is 0.790. The van der Waals surface area contributed by atoms with Gasteiger partial charge in [-0.05, 0) is 53.6 Å². The Balaban J connectivity index is 1.66. The number of carbonyl (C=O) groups is 2. The van der Waals surface area contributed by atoms with Gasteiger partial charge in [-0.25, -0.2) is 0 Å². The van der Waals surface area contributed by atoms with Crippen molar-refractivity contribution in [3.8, 4) is 11.1 Å². The molecule has 0 aromatic heterocycles. The monoisotopic (exact) mass is 306 g/mol. The van der Waals surface area contributed by atoms with Gasteiger partial charge in [0.1, 0.15) is 6.04 Å². The van der Waals surface area contributed by atoms with E-state index in [0.717, 1.165) is 12.8 Å². The summed E-state index contributed by atoms with van der Waals surface area (Å²) in [7, 11) is 0. The van der Waals surface area contributed by atoms with E-state index in [1.54, 1.807) is 4.90 Å². The van der Waals surface area contributed by atoms with Crippen molar-refractivity contribution < 1.29 is 9.59 Å². The number of primary amides is 1. The number of nitrogens with zero attached hydrogens (tertiary/aromatic N) is 1. The van der Waals surface area contributed by atoms with Crippen LogP contribution in [-0.4, -0.2) is 29.3 Å². The minimum absolute atomic E-state index is 0.0925. The molecule has 23 heavy (non-hydrogen) atoms. The second-order valence-corrected chi connectivity index (χ2v) is 6.26. The standard InChI is InChI=1S/C19H18N2O2/c20-18(22)17-6-3-9-21(17)19(23)13-7-8-16-14(11-13)10-12-4-1-2-5-15(12)16/h1-2,4-5,7-8,11,17H,3,6,9-10H2,(H2,20,22)/t17-/m0/s1. The summed E-state index contributed by atoms with van der Waals surface area (Å²) in [5, 5.41) is 0. The molecule has 1 fully saturated rings. The van der Waals surface area contributed by atoms with Crippen LogP contribution in [-0.2, 0) is 11.2 Å². The Hall–Kier alpha value is -2.62. The first-order chi connectivity index (χ1) is 11.1. The summed E-state index contributed by atoms with van der Waals surface area (Å²) in [6.07, 6.45) is 2.35. The summed E-state index contributed by atoms with van der Waals surface area (Å²) in [6.45, 7) is 0.601. The molecule has 0 saturated carbocycles. The Labute approximate surface area is 134 Å². The third kappa shape index (κ3) is 2.22. The van der Waals surface area contributed by atoms with Crippen molar-refractivity contribution >= 4 is 11.8 Å². The predicted molar refractivity (Wildman–Crippen MR) is 87.9 cm³/mol. The molecule has 1 aliphatic carbocycles. The molecule has 2 aromatic rings. The van der Waals surface area contributed by atoms with Crippen molar-refractivity contribution in [1.82, 2.24) is 4.90 Å². The first kappa shape index (κ1) is 14.0. The number of rotatable bonds is 2. The van der Waals surface area contributed by atoms with E-state index in [2.05, 4.69) is 12.1 Å².